The lowest BCUT2D eigenvalue weighted by molar-refractivity contribution is -0.142. The molecule has 2 N–H and O–H groups in total. The van der Waals surface area contributed by atoms with E-state index in [9.17, 15) is 14.4 Å². The van der Waals surface area contributed by atoms with Crippen LogP contribution in [0, 0.1) is 5.92 Å². The summed E-state index contributed by atoms with van der Waals surface area (Å²) in [5.74, 6) is -1.52. The molecule has 7 heteroatoms. The maximum atomic E-state index is 12.1. The van der Waals surface area contributed by atoms with Crippen LogP contribution in [0.15, 0.2) is 0 Å². The summed E-state index contributed by atoms with van der Waals surface area (Å²) in [4.78, 5) is 35.5. The van der Waals surface area contributed by atoms with Crippen LogP contribution in [0.25, 0.3) is 0 Å². The zero-order chi connectivity index (χ0) is 15.9. The van der Waals surface area contributed by atoms with Crippen LogP contribution in [-0.2, 0) is 14.3 Å². The normalized spacial score (nSPS) is 12.2. The lowest BCUT2D eigenvalue weighted by Gasteiger charge is -2.29. The molecule has 7 nitrogen and oxygen atoms in total. The molecule has 116 valence electrons. The Kier molecular flexibility index (Phi) is 7.64. The summed E-state index contributed by atoms with van der Waals surface area (Å²) in [7, 11) is 1.25. The van der Waals surface area contributed by atoms with Crippen molar-refractivity contribution in [1.29, 1.82) is 0 Å². The first-order valence-electron chi connectivity index (χ1n) is 6.54. The van der Waals surface area contributed by atoms with Gasteiger partial charge in [-0.2, -0.15) is 0 Å². The summed E-state index contributed by atoms with van der Waals surface area (Å²) in [5, 5.41) is 11.5. The van der Waals surface area contributed by atoms with Crippen molar-refractivity contribution in [1.82, 2.24) is 10.2 Å². The number of urea groups is 1. The second-order valence-electron chi connectivity index (χ2n) is 5.20. The molecule has 0 radical (unpaired) electrons. The summed E-state index contributed by atoms with van der Waals surface area (Å²) in [5.41, 5.74) is 0. The van der Waals surface area contributed by atoms with Gasteiger partial charge in [0.15, 0.2) is 0 Å². The van der Waals surface area contributed by atoms with Gasteiger partial charge in [0.05, 0.1) is 13.5 Å². The lowest BCUT2D eigenvalue weighted by atomic mass is 10.0. The number of nitrogens with one attached hydrogen (secondary N) is 1. The molecule has 0 rings (SSSR count). The molecule has 1 atom stereocenters. The number of esters is 1. The van der Waals surface area contributed by atoms with Gasteiger partial charge in [-0.3, -0.25) is 9.59 Å². The van der Waals surface area contributed by atoms with Crippen LogP contribution in [-0.4, -0.2) is 53.7 Å². The minimum atomic E-state index is -0.979. The Labute approximate surface area is 119 Å². The van der Waals surface area contributed by atoms with E-state index in [1.807, 2.05) is 13.8 Å². The second kappa shape index (κ2) is 8.39. The van der Waals surface area contributed by atoms with Crippen LogP contribution in [0.1, 0.15) is 34.1 Å². The van der Waals surface area contributed by atoms with Gasteiger partial charge in [0, 0.05) is 12.1 Å². The third-order valence-corrected chi connectivity index (χ3v) is 2.92. The smallest absolute Gasteiger partial charge is 0.325 e. The zero-order valence-electron chi connectivity index (χ0n) is 12.7. The standard InChI is InChI=1S/C13H24N2O5/c1-8(2)10(6-11(16)17)14-13(19)15(9(3)4)7-12(18)20-5/h8-10H,6-7H2,1-5H3,(H,14,19)(H,16,17). The molecule has 2 amide bonds. The van der Waals surface area contributed by atoms with E-state index in [-0.39, 0.29) is 24.9 Å². The zero-order valence-corrected chi connectivity index (χ0v) is 12.7. The number of carbonyl (C=O) groups is 3. The van der Waals surface area contributed by atoms with E-state index in [0.717, 1.165) is 0 Å². The molecular formula is C13H24N2O5. The fourth-order valence-electron chi connectivity index (χ4n) is 1.58. The minimum Gasteiger partial charge on any atom is -0.481 e. The molecule has 0 aliphatic heterocycles. The Morgan fingerprint density at radius 2 is 1.75 bits per heavy atom. The number of aliphatic carboxylic acids is 1. The van der Waals surface area contributed by atoms with Crippen molar-refractivity contribution in [3.63, 3.8) is 0 Å². The molecule has 20 heavy (non-hydrogen) atoms. The minimum absolute atomic E-state index is 0.0258. The Bertz CT molecular complexity index is 355. The summed E-state index contributed by atoms with van der Waals surface area (Å²) in [6.45, 7) is 7.02. The summed E-state index contributed by atoms with van der Waals surface area (Å²) >= 11 is 0. The SMILES string of the molecule is COC(=O)CN(C(=O)NC(CC(=O)O)C(C)C)C(C)C. The monoisotopic (exact) mass is 288 g/mol. The van der Waals surface area contributed by atoms with Crippen molar-refractivity contribution in [3.05, 3.63) is 0 Å². The van der Waals surface area contributed by atoms with Crippen molar-refractivity contribution in [3.8, 4) is 0 Å². The number of rotatable bonds is 7. The highest BCUT2D eigenvalue weighted by Gasteiger charge is 2.25. The van der Waals surface area contributed by atoms with Crippen molar-refractivity contribution in [2.75, 3.05) is 13.7 Å². The summed E-state index contributed by atoms with van der Waals surface area (Å²) in [6, 6.07) is -1.16. The van der Waals surface area contributed by atoms with E-state index in [4.69, 9.17) is 5.11 Å². The molecule has 0 aliphatic rings. The number of hydrogen-bond donors (Lipinski definition) is 2. The van der Waals surface area contributed by atoms with Crippen molar-refractivity contribution in [2.45, 2.75) is 46.2 Å². The number of ether oxygens (including phenoxy) is 1. The average molecular weight is 288 g/mol. The number of methoxy groups -OCH3 is 1. The molecule has 0 aromatic carbocycles. The van der Waals surface area contributed by atoms with Crippen LogP contribution in [0.4, 0.5) is 4.79 Å². The van der Waals surface area contributed by atoms with Crippen LogP contribution >= 0.6 is 0 Å². The van der Waals surface area contributed by atoms with Gasteiger partial charge in [-0.15, -0.1) is 0 Å². The van der Waals surface area contributed by atoms with Gasteiger partial charge in [0.25, 0.3) is 0 Å². The van der Waals surface area contributed by atoms with Crippen LogP contribution < -0.4 is 5.32 Å². The Hall–Kier alpha value is -1.79. The van der Waals surface area contributed by atoms with Crippen molar-refractivity contribution in [2.24, 2.45) is 5.92 Å². The Balaban J connectivity index is 4.79. The molecule has 0 aliphatic carbocycles. The van der Waals surface area contributed by atoms with Gasteiger partial charge in [0.2, 0.25) is 0 Å². The van der Waals surface area contributed by atoms with E-state index >= 15 is 0 Å². The molecule has 0 bridgehead atoms. The summed E-state index contributed by atoms with van der Waals surface area (Å²) in [6.07, 6.45) is -0.159. The topological polar surface area (TPSA) is 95.9 Å². The average Bonchev–Trinajstić information content (AvgIpc) is 2.33. The number of hydrogen-bond acceptors (Lipinski definition) is 4. The molecule has 0 spiro atoms. The number of carbonyl (C=O) groups excluding carboxylic acids is 2. The number of carboxylic acids is 1. The van der Waals surface area contributed by atoms with Gasteiger partial charge >= 0.3 is 18.0 Å². The maximum absolute atomic E-state index is 12.1. The maximum Gasteiger partial charge on any atom is 0.325 e. The van der Waals surface area contributed by atoms with Crippen molar-refractivity contribution >= 4 is 18.0 Å². The molecule has 0 aromatic heterocycles. The van der Waals surface area contributed by atoms with E-state index in [2.05, 4.69) is 10.1 Å². The first-order valence-corrected chi connectivity index (χ1v) is 6.54. The quantitative estimate of drug-likeness (QED) is 0.683. The summed E-state index contributed by atoms with van der Waals surface area (Å²) < 4.78 is 4.54. The predicted octanol–water partition coefficient (Wildman–Crippen LogP) is 1.08. The second-order valence-corrected chi connectivity index (χ2v) is 5.20. The highest BCUT2D eigenvalue weighted by atomic mass is 16.5. The molecule has 0 heterocycles. The van der Waals surface area contributed by atoms with Gasteiger partial charge < -0.3 is 20.1 Å². The Morgan fingerprint density at radius 3 is 2.10 bits per heavy atom. The van der Waals surface area contributed by atoms with Crippen LogP contribution in [0.3, 0.4) is 0 Å². The van der Waals surface area contributed by atoms with Gasteiger partial charge in [-0.1, -0.05) is 13.8 Å². The first kappa shape index (κ1) is 18.2. The lowest BCUT2D eigenvalue weighted by Crippen LogP contribution is -2.51. The van der Waals surface area contributed by atoms with Crippen LogP contribution in [0.5, 0.6) is 0 Å². The largest absolute Gasteiger partial charge is 0.481 e. The first-order chi connectivity index (χ1) is 9.18. The highest BCUT2D eigenvalue weighted by Crippen LogP contribution is 2.08. The molecule has 1 unspecified atom stereocenters. The highest BCUT2D eigenvalue weighted by molar-refractivity contribution is 5.81. The predicted molar refractivity (Wildman–Crippen MR) is 73.3 cm³/mol. The molecular weight excluding hydrogens is 264 g/mol. The van der Waals surface area contributed by atoms with E-state index in [0.29, 0.717) is 0 Å². The fraction of sp³-hybridized carbons (Fsp3) is 0.769. The number of carboxylic acid groups (broad SMARTS) is 1. The third-order valence-electron chi connectivity index (χ3n) is 2.92. The van der Waals surface area contributed by atoms with E-state index in [1.165, 1.54) is 12.0 Å². The molecule has 0 saturated carbocycles. The van der Waals surface area contributed by atoms with Gasteiger partial charge in [-0.25, -0.2) is 4.79 Å². The third kappa shape index (κ3) is 6.40. The van der Waals surface area contributed by atoms with E-state index in [1.54, 1.807) is 13.8 Å². The van der Waals surface area contributed by atoms with E-state index < -0.39 is 24.0 Å². The number of nitrogens with zero attached hydrogens (tertiary/aromatic N) is 1. The van der Waals surface area contributed by atoms with Crippen LogP contribution in [0.2, 0.25) is 0 Å². The van der Waals surface area contributed by atoms with Gasteiger partial charge in [0.1, 0.15) is 6.54 Å². The van der Waals surface area contributed by atoms with Gasteiger partial charge in [-0.05, 0) is 19.8 Å². The Morgan fingerprint density at radius 1 is 1.20 bits per heavy atom. The number of amides is 2. The fourth-order valence-corrected chi connectivity index (χ4v) is 1.58. The molecule has 0 aromatic rings. The van der Waals surface area contributed by atoms with Crippen molar-refractivity contribution < 1.29 is 24.2 Å². The molecule has 0 fully saturated rings. The molecule has 0 saturated heterocycles.